The Morgan fingerprint density at radius 3 is 2.72 bits per heavy atom. The van der Waals surface area contributed by atoms with Crippen LogP contribution in [0.2, 0.25) is 0 Å². The van der Waals surface area contributed by atoms with Gasteiger partial charge in [-0.1, -0.05) is 24.3 Å². The Labute approximate surface area is 205 Å². The number of aliphatic hydroxyl groups is 2. The second-order valence-electron chi connectivity index (χ2n) is 8.93. The monoisotopic (exact) mass is 481 g/mol. The van der Waals surface area contributed by atoms with Crippen molar-refractivity contribution >= 4 is 22.2 Å². The summed E-state index contributed by atoms with van der Waals surface area (Å²) in [6, 6.07) is 14.7. The summed E-state index contributed by atoms with van der Waals surface area (Å²) < 4.78 is 4.99. The summed E-state index contributed by atoms with van der Waals surface area (Å²) in [4.78, 5) is 27.5. The molecule has 0 spiro atoms. The number of imidazole rings is 2. The first-order valence-corrected chi connectivity index (χ1v) is 11.8. The number of benzene rings is 2. The minimum Gasteiger partial charge on any atom is -0.396 e. The van der Waals surface area contributed by atoms with Crippen LogP contribution in [0.25, 0.3) is 28.1 Å². The first kappa shape index (κ1) is 22.2. The van der Waals surface area contributed by atoms with Gasteiger partial charge in [0.1, 0.15) is 11.8 Å². The lowest BCUT2D eigenvalue weighted by molar-refractivity contribution is 0.147. The molecule has 2 N–H and O–H groups in total. The van der Waals surface area contributed by atoms with Gasteiger partial charge in [-0.2, -0.15) is 10.2 Å². The molecule has 0 saturated carbocycles. The van der Waals surface area contributed by atoms with Crippen LogP contribution in [0.15, 0.2) is 59.8 Å². The van der Waals surface area contributed by atoms with E-state index in [0.717, 1.165) is 11.1 Å². The van der Waals surface area contributed by atoms with E-state index in [9.17, 15) is 20.3 Å². The Morgan fingerprint density at radius 2 is 1.92 bits per heavy atom. The predicted octanol–water partition coefficient (Wildman–Crippen LogP) is 2.60. The quantitative estimate of drug-likeness (QED) is 0.394. The molecule has 0 amide bonds. The SMILES string of the molecule is N#Cc1ccc2ncn(-c3ncc4c(n3)n([C@@H]3CCC(O)c5ccccc53)c(=O)n4CCCO)c2c1. The van der Waals surface area contributed by atoms with Crippen molar-refractivity contribution in [3.05, 3.63) is 82.2 Å². The minimum atomic E-state index is -0.576. The molecular weight excluding hydrogens is 458 g/mol. The van der Waals surface area contributed by atoms with E-state index in [2.05, 4.69) is 16.0 Å². The van der Waals surface area contributed by atoms with Gasteiger partial charge in [-0.15, -0.1) is 0 Å². The molecule has 0 radical (unpaired) electrons. The standard InChI is InChI=1S/C26H23N7O3/c27-13-16-6-7-19-21(12-16)32(15-29-19)25-28-14-22-24(30-25)33(26(36)31(22)10-3-11-34)20-8-9-23(35)18-5-2-1-4-17(18)20/h1-2,4-7,12,14-15,20,23,34-35H,3,8-11H2/t20-,23?/m1/s1. The molecular formula is C26H23N7O3. The molecule has 3 aromatic heterocycles. The molecule has 36 heavy (non-hydrogen) atoms. The molecule has 1 unspecified atom stereocenters. The highest BCUT2D eigenvalue weighted by molar-refractivity contribution is 5.79. The van der Waals surface area contributed by atoms with E-state index in [1.807, 2.05) is 24.3 Å². The van der Waals surface area contributed by atoms with Crippen molar-refractivity contribution in [2.75, 3.05) is 6.61 Å². The number of hydrogen-bond acceptors (Lipinski definition) is 7. The Hall–Kier alpha value is -4.33. The zero-order valence-electron chi connectivity index (χ0n) is 19.3. The number of aliphatic hydroxyl groups excluding tert-OH is 2. The summed E-state index contributed by atoms with van der Waals surface area (Å²) in [6.07, 6.45) is 4.17. The molecule has 5 aromatic rings. The normalized spacial score (nSPS) is 17.4. The first-order chi connectivity index (χ1) is 17.6. The maximum Gasteiger partial charge on any atom is 0.330 e. The predicted molar refractivity (Wildman–Crippen MR) is 132 cm³/mol. The van der Waals surface area contributed by atoms with E-state index in [0.29, 0.717) is 59.5 Å². The molecule has 3 heterocycles. The number of aryl methyl sites for hydroxylation is 1. The third kappa shape index (κ3) is 3.40. The lowest BCUT2D eigenvalue weighted by atomic mass is 9.85. The van der Waals surface area contributed by atoms with Gasteiger partial charge in [0, 0.05) is 13.2 Å². The van der Waals surface area contributed by atoms with Crippen molar-refractivity contribution in [2.45, 2.75) is 38.0 Å². The molecule has 0 saturated heterocycles. The van der Waals surface area contributed by atoms with Crippen LogP contribution < -0.4 is 5.69 Å². The number of nitriles is 1. The van der Waals surface area contributed by atoms with Crippen molar-refractivity contribution in [1.82, 2.24) is 28.7 Å². The maximum absolute atomic E-state index is 13.7. The average molecular weight is 482 g/mol. The zero-order valence-corrected chi connectivity index (χ0v) is 19.3. The van der Waals surface area contributed by atoms with Crippen LogP contribution >= 0.6 is 0 Å². The van der Waals surface area contributed by atoms with Crippen molar-refractivity contribution in [2.24, 2.45) is 0 Å². The smallest absolute Gasteiger partial charge is 0.330 e. The summed E-state index contributed by atoms with van der Waals surface area (Å²) >= 11 is 0. The number of rotatable bonds is 5. The van der Waals surface area contributed by atoms with Crippen LogP contribution in [-0.2, 0) is 6.54 Å². The van der Waals surface area contributed by atoms with Gasteiger partial charge in [-0.3, -0.25) is 13.7 Å². The van der Waals surface area contributed by atoms with Crippen LogP contribution in [0.4, 0.5) is 0 Å². The van der Waals surface area contributed by atoms with Gasteiger partial charge in [0.2, 0.25) is 5.95 Å². The Balaban J connectivity index is 1.59. The summed E-state index contributed by atoms with van der Waals surface area (Å²) in [5.41, 5.74) is 4.40. The zero-order chi connectivity index (χ0) is 24.8. The minimum absolute atomic E-state index is 0.0429. The first-order valence-electron chi connectivity index (χ1n) is 11.8. The van der Waals surface area contributed by atoms with Crippen LogP contribution in [0, 0.1) is 11.3 Å². The second-order valence-corrected chi connectivity index (χ2v) is 8.93. The summed E-state index contributed by atoms with van der Waals surface area (Å²) in [5, 5.41) is 29.3. The highest BCUT2D eigenvalue weighted by Gasteiger charge is 2.31. The van der Waals surface area contributed by atoms with Gasteiger partial charge < -0.3 is 10.2 Å². The molecule has 2 aromatic carbocycles. The van der Waals surface area contributed by atoms with Crippen LogP contribution in [0.5, 0.6) is 0 Å². The number of fused-ring (bicyclic) bond motifs is 3. The van der Waals surface area contributed by atoms with E-state index < -0.39 is 6.10 Å². The Kier molecular flexibility index (Phi) is 5.36. The highest BCUT2D eigenvalue weighted by Crippen LogP contribution is 2.38. The molecule has 10 heteroatoms. The highest BCUT2D eigenvalue weighted by atomic mass is 16.3. The van der Waals surface area contributed by atoms with Crippen molar-refractivity contribution in [3.8, 4) is 12.0 Å². The maximum atomic E-state index is 13.7. The fraction of sp³-hybridized carbons (Fsp3) is 0.269. The average Bonchev–Trinajstić information content (AvgIpc) is 3.45. The molecule has 1 aliphatic rings. The van der Waals surface area contributed by atoms with Crippen molar-refractivity contribution < 1.29 is 10.2 Å². The number of aromatic nitrogens is 6. The fourth-order valence-corrected chi connectivity index (χ4v) is 5.14. The molecule has 0 bridgehead atoms. The molecule has 0 aliphatic heterocycles. The summed E-state index contributed by atoms with van der Waals surface area (Å²) in [7, 11) is 0. The third-order valence-electron chi connectivity index (χ3n) is 6.86. The van der Waals surface area contributed by atoms with Gasteiger partial charge >= 0.3 is 5.69 Å². The van der Waals surface area contributed by atoms with Gasteiger partial charge in [0.15, 0.2) is 5.65 Å². The van der Waals surface area contributed by atoms with E-state index in [4.69, 9.17) is 4.98 Å². The van der Waals surface area contributed by atoms with Crippen LogP contribution in [-0.4, -0.2) is 45.5 Å². The van der Waals surface area contributed by atoms with Gasteiger partial charge in [0.25, 0.3) is 0 Å². The van der Waals surface area contributed by atoms with Gasteiger partial charge in [-0.25, -0.2) is 14.8 Å². The van der Waals surface area contributed by atoms with E-state index in [-0.39, 0.29) is 18.3 Å². The third-order valence-corrected chi connectivity index (χ3v) is 6.86. The van der Waals surface area contributed by atoms with E-state index in [1.54, 1.807) is 44.4 Å². The van der Waals surface area contributed by atoms with Gasteiger partial charge in [0.05, 0.1) is 41.0 Å². The van der Waals surface area contributed by atoms with Crippen LogP contribution in [0.3, 0.4) is 0 Å². The molecule has 0 fully saturated rings. The molecule has 1 aliphatic carbocycles. The van der Waals surface area contributed by atoms with Gasteiger partial charge in [-0.05, 0) is 48.6 Å². The lowest BCUT2D eigenvalue weighted by Crippen LogP contribution is -2.31. The topological polar surface area (TPSA) is 135 Å². The van der Waals surface area contributed by atoms with E-state index in [1.165, 1.54) is 0 Å². The summed E-state index contributed by atoms with van der Waals surface area (Å²) in [6.45, 7) is 0.289. The molecule has 6 rings (SSSR count). The summed E-state index contributed by atoms with van der Waals surface area (Å²) in [5.74, 6) is 0.331. The number of nitrogens with zero attached hydrogens (tertiary/aromatic N) is 7. The largest absolute Gasteiger partial charge is 0.396 e. The Bertz CT molecular complexity index is 1710. The Morgan fingerprint density at radius 1 is 1.08 bits per heavy atom. The molecule has 2 atom stereocenters. The van der Waals surface area contributed by atoms with Crippen molar-refractivity contribution in [3.63, 3.8) is 0 Å². The van der Waals surface area contributed by atoms with E-state index >= 15 is 0 Å². The molecule has 180 valence electrons. The number of hydrogen-bond donors (Lipinski definition) is 2. The fourth-order valence-electron chi connectivity index (χ4n) is 5.14. The van der Waals surface area contributed by atoms with Crippen molar-refractivity contribution in [1.29, 1.82) is 5.26 Å². The second kappa shape index (κ2) is 8.71. The lowest BCUT2D eigenvalue weighted by Gasteiger charge is -2.29. The molecule has 10 nitrogen and oxygen atoms in total. The van der Waals surface area contributed by atoms with Crippen LogP contribution in [0.1, 0.15) is 48.1 Å².